The predicted octanol–water partition coefficient (Wildman–Crippen LogP) is 1.97. The summed E-state index contributed by atoms with van der Waals surface area (Å²) in [6.07, 6.45) is -4.74. The zero-order valence-electron chi connectivity index (χ0n) is 14.4. The van der Waals surface area contributed by atoms with Gasteiger partial charge in [-0.3, -0.25) is 4.79 Å². The molecule has 2 aromatic rings. The molecule has 1 heterocycles. The Morgan fingerprint density at radius 3 is 2.56 bits per heavy atom. The SMILES string of the molecule is C[NH+](CC(=O)Nc1ccc(OC(F)(F)F)cc1)Cc1ccc2c(c1)OCO2. The number of hydrogen-bond acceptors (Lipinski definition) is 4. The molecular formula is C18H18F3N2O4+. The summed E-state index contributed by atoms with van der Waals surface area (Å²) in [5, 5.41) is 2.65. The van der Waals surface area contributed by atoms with Crippen molar-refractivity contribution in [2.24, 2.45) is 0 Å². The van der Waals surface area contributed by atoms with E-state index in [-0.39, 0.29) is 25.0 Å². The van der Waals surface area contributed by atoms with Crippen LogP contribution in [-0.4, -0.2) is 32.7 Å². The standard InChI is InChI=1S/C18H17F3N2O4/c1-23(9-12-2-7-15-16(8-12)26-11-25-15)10-17(24)22-13-3-5-14(6-4-13)27-18(19,20)21/h2-8H,9-11H2,1H3,(H,22,24)/p+1. The molecular weight excluding hydrogens is 365 g/mol. The molecule has 1 aliphatic heterocycles. The van der Waals surface area contributed by atoms with E-state index in [1.165, 1.54) is 12.1 Å². The maximum Gasteiger partial charge on any atom is 0.573 e. The molecule has 0 bridgehead atoms. The lowest BCUT2D eigenvalue weighted by molar-refractivity contribution is -0.885. The lowest BCUT2D eigenvalue weighted by atomic mass is 10.2. The highest BCUT2D eigenvalue weighted by atomic mass is 19.4. The monoisotopic (exact) mass is 383 g/mol. The largest absolute Gasteiger partial charge is 0.573 e. The van der Waals surface area contributed by atoms with Crippen LogP contribution in [0, 0.1) is 0 Å². The van der Waals surface area contributed by atoms with Gasteiger partial charge in [-0.1, -0.05) is 0 Å². The van der Waals surface area contributed by atoms with Crippen LogP contribution in [0.25, 0.3) is 0 Å². The fourth-order valence-corrected chi connectivity index (χ4v) is 2.68. The number of likely N-dealkylation sites (N-methyl/N-ethyl adjacent to an activating group) is 1. The minimum atomic E-state index is -4.74. The topological polar surface area (TPSA) is 61.2 Å². The van der Waals surface area contributed by atoms with Crippen molar-refractivity contribution in [2.45, 2.75) is 12.9 Å². The molecule has 0 radical (unpaired) electrons. The summed E-state index contributed by atoms with van der Waals surface area (Å²) in [6.45, 7) is 0.994. The zero-order valence-corrected chi connectivity index (χ0v) is 14.4. The zero-order chi connectivity index (χ0) is 19.4. The number of alkyl halides is 3. The van der Waals surface area contributed by atoms with Gasteiger partial charge >= 0.3 is 6.36 Å². The fraction of sp³-hybridized carbons (Fsp3) is 0.278. The van der Waals surface area contributed by atoms with E-state index >= 15 is 0 Å². The predicted molar refractivity (Wildman–Crippen MR) is 89.8 cm³/mol. The third kappa shape index (κ3) is 5.52. The van der Waals surface area contributed by atoms with Gasteiger partial charge in [-0.05, 0) is 42.5 Å². The number of rotatable bonds is 6. The highest BCUT2D eigenvalue weighted by Gasteiger charge is 2.31. The van der Waals surface area contributed by atoms with Crippen molar-refractivity contribution in [3.8, 4) is 17.2 Å². The summed E-state index contributed by atoms with van der Waals surface area (Å²) < 4.78 is 50.8. The second-order valence-electron chi connectivity index (χ2n) is 6.12. The van der Waals surface area contributed by atoms with Crippen LogP contribution in [-0.2, 0) is 11.3 Å². The molecule has 0 saturated heterocycles. The Morgan fingerprint density at radius 2 is 1.85 bits per heavy atom. The Labute approximate surface area is 153 Å². The van der Waals surface area contributed by atoms with E-state index < -0.39 is 6.36 Å². The molecule has 1 unspecified atom stereocenters. The number of quaternary nitrogens is 1. The van der Waals surface area contributed by atoms with Gasteiger partial charge in [0.15, 0.2) is 18.0 Å². The van der Waals surface area contributed by atoms with Gasteiger partial charge in [0.2, 0.25) is 6.79 Å². The third-order valence-electron chi connectivity index (χ3n) is 3.78. The molecule has 9 heteroatoms. The Bertz CT molecular complexity index is 809. The number of carbonyl (C=O) groups is 1. The van der Waals surface area contributed by atoms with Crippen LogP contribution in [0.5, 0.6) is 17.2 Å². The van der Waals surface area contributed by atoms with E-state index in [2.05, 4.69) is 10.1 Å². The lowest BCUT2D eigenvalue weighted by Gasteiger charge is -2.14. The Kier molecular flexibility index (Phi) is 5.41. The molecule has 2 N–H and O–H groups in total. The minimum Gasteiger partial charge on any atom is -0.454 e. The van der Waals surface area contributed by atoms with Gasteiger partial charge < -0.3 is 24.4 Å². The molecule has 2 aromatic carbocycles. The summed E-state index contributed by atoms with van der Waals surface area (Å²) in [7, 11) is 1.87. The van der Waals surface area contributed by atoms with Crippen LogP contribution in [0.3, 0.4) is 0 Å². The molecule has 3 rings (SSSR count). The molecule has 0 aromatic heterocycles. The van der Waals surface area contributed by atoms with E-state index in [4.69, 9.17) is 9.47 Å². The Hall–Kier alpha value is -2.94. The molecule has 6 nitrogen and oxygen atoms in total. The lowest BCUT2D eigenvalue weighted by Crippen LogP contribution is -3.08. The maximum atomic E-state index is 12.1. The first-order valence-electron chi connectivity index (χ1n) is 8.14. The maximum absolute atomic E-state index is 12.1. The average molecular weight is 383 g/mol. The summed E-state index contributed by atoms with van der Waals surface area (Å²) in [5.74, 6) is 0.793. The molecule has 1 amide bonds. The Morgan fingerprint density at radius 1 is 1.15 bits per heavy atom. The average Bonchev–Trinajstić information content (AvgIpc) is 3.02. The number of benzene rings is 2. The molecule has 1 atom stereocenters. The number of nitrogens with one attached hydrogen (secondary N) is 2. The van der Waals surface area contributed by atoms with E-state index in [0.717, 1.165) is 22.6 Å². The second kappa shape index (κ2) is 7.75. The Balaban J connectivity index is 1.50. The van der Waals surface area contributed by atoms with E-state index in [1.54, 1.807) is 0 Å². The van der Waals surface area contributed by atoms with E-state index in [1.807, 2.05) is 25.2 Å². The number of anilines is 1. The fourth-order valence-electron chi connectivity index (χ4n) is 2.68. The first-order valence-corrected chi connectivity index (χ1v) is 8.14. The molecule has 1 aliphatic rings. The van der Waals surface area contributed by atoms with Crippen LogP contribution in [0.15, 0.2) is 42.5 Å². The van der Waals surface area contributed by atoms with Gasteiger partial charge in [-0.25, -0.2) is 0 Å². The minimum absolute atomic E-state index is 0.190. The summed E-state index contributed by atoms with van der Waals surface area (Å²) in [5.41, 5.74) is 1.39. The van der Waals surface area contributed by atoms with Crippen LogP contribution in [0.1, 0.15) is 5.56 Å². The van der Waals surface area contributed by atoms with Gasteiger partial charge in [0, 0.05) is 11.3 Å². The molecule has 144 valence electrons. The first-order chi connectivity index (χ1) is 12.8. The van der Waals surface area contributed by atoms with Crippen molar-refractivity contribution in [2.75, 3.05) is 25.7 Å². The van der Waals surface area contributed by atoms with Crippen LogP contribution < -0.4 is 24.4 Å². The van der Waals surface area contributed by atoms with Crippen molar-refractivity contribution in [1.82, 2.24) is 0 Å². The van der Waals surface area contributed by atoms with Gasteiger partial charge in [0.25, 0.3) is 5.91 Å². The number of hydrogen-bond donors (Lipinski definition) is 2. The summed E-state index contributed by atoms with van der Waals surface area (Å²) >= 11 is 0. The number of halogens is 3. The van der Waals surface area contributed by atoms with Crippen LogP contribution >= 0.6 is 0 Å². The van der Waals surface area contributed by atoms with Crippen molar-refractivity contribution in [1.29, 1.82) is 0 Å². The number of fused-ring (bicyclic) bond motifs is 1. The van der Waals surface area contributed by atoms with Crippen LogP contribution in [0.4, 0.5) is 18.9 Å². The number of ether oxygens (including phenoxy) is 3. The van der Waals surface area contributed by atoms with Crippen molar-refractivity contribution >= 4 is 11.6 Å². The summed E-state index contributed by atoms with van der Waals surface area (Å²) in [6, 6.07) is 10.6. The van der Waals surface area contributed by atoms with Gasteiger partial charge in [0.1, 0.15) is 12.3 Å². The highest BCUT2D eigenvalue weighted by Crippen LogP contribution is 2.32. The van der Waals surface area contributed by atoms with Crippen LogP contribution in [0.2, 0.25) is 0 Å². The molecule has 0 aliphatic carbocycles. The van der Waals surface area contributed by atoms with Gasteiger partial charge in [-0.2, -0.15) is 0 Å². The summed E-state index contributed by atoms with van der Waals surface area (Å²) in [4.78, 5) is 13.1. The number of carbonyl (C=O) groups excluding carboxylic acids is 1. The van der Waals surface area contributed by atoms with Crippen molar-refractivity contribution < 1.29 is 37.1 Å². The first kappa shape index (κ1) is 18.8. The molecule has 0 fully saturated rings. The van der Waals surface area contributed by atoms with E-state index in [9.17, 15) is 18.0 Å². The second-order valence-corrected chi connectivity index (χ2v) is 6.12. The van der Waals surface area contributed by atoms with E-state index in [0.29, 0.717) is 23.7 Å². The molecule has 0 spiro atoms. The highest BCUT2D eigenvalue weighted by molar-refractivity contribution is 5.91. The van der Waals surface area contributed by atoms with Gasteiger partial charge in [0.05, 0.1) is 7.05 Å². The smallest absolute Gasteiger partial charge is 0.454 e. The molecule has 0 saturated carbocycles. The van der Waals surface area contributed by atoms with Crippen molar-refractivity contribution in [3.05, 3.63) is 48.0 Å². The van der Waals surface area contributed by atoms with Crippen molar-refractivity contribution in [3.63, 3.8) is 0 Å². The third-order valence-corrected chi connectivity index (χ3v) is 3.78. The quantitative estimate of drug-likeness (QED) is 0.801. The normalized spacial score (nSPS) is 13.9. The number of amides is 1. The molecule has 27 heavy (non-hydrogen) atoms. The van der Waals surface area contributed by atoms with Gasteiger partial charge in [-0.15, -0.1) is 13.2 Å².